The Morgan fingerprint density at radius 2 is 1.82 bits per heavy atom. The molecule has 2 amide bonds. The van der Waals surface area contributed by atoms with Crippen LogP contribution < -0.4 is 11.1 Å². The Bertz CT molecular complexity index is 331. The van der Waals surface area contributed by atoms with Gasteiger partial charge in [0.05, 0.1) is 6.04 Å². The molecule has 0 aliphatic carbocycles. The molecule has 5 nitrogen and oxygen atoms in total. The number of nitrogens with zero attached hydrogens (tertiary/aromatic N) is 1. The number of hydrogen-bond acceptors (Lipinski definition) is 3. The largest absolute Gasteiger partial charge is 0.356 e. The molecule has 0 radical (unpaired) electrons. The third-order valence-electron chi connectivity index (χ3n) is 4.17. The summed E-state index contributed by atoms with van der Waals surface area (Å²) in [5.74, 6) is 0.243. The summed E-state index contributed by atoms with van der Waals surface area (Å²) in [6, 6.07) is -0.380. The van der Waals surface area contributed by atoms with Gasteiger partial charge in [-0.1, -0.05) is 33.1 Å². The van der Waals surface area contributed by atoms with Gasteiger partial charge in [0.25, 0.3) is 0 Å². The van der Waals surface area contributed by atoms with Crippen molar-refractivity contribution in [3.8, 4) is 0 Å². The maximum absolute atomic E-state index is 12.1. The average molecular weight is 334 g/mol. The summed E-state index contributed by atoms with van der Waals surface area (Å²) < 4.78 is 0. The van der Waals surface area contributed by atoms with Crippen molar-refractivity contribution in [2.24, 2.45) is 11.7 Å². The Balaban J connectivity index is 0.00000441. The molecule has 0 aromatic heterocycles. The van der Waals surface area contributed by atoms with Crippen molar-refractivity contribution in [1.82, 2.24) is 10.2 Å². The van der Waals surface area contributed by atoms with Crippen LogP contribution in [0.3, 0.4) is 0 Å². The van der Waals surface area contributed by atoms with Crippen molar-refractivity contribution in [3.63, 3.8) is 0 Å². The maximum Gasteiger partial charge on any atom is 0.239 e. The Kier molecular flexibility index (Phi) is 11.3. The van der Waals surface area contributed by atoms with Gasteiger partial charge in [-0.05, 0) is 25.7 Å². The number of likely N-dealkylation sites (tertiary alicyclic amines) is 1. The van der Waals surface area contributed by atoms with Crippen LogP contribution in [-0.2, 0) is 9.59 Å². The number of hydrogen-bond donors (Lipinski definition) is 2. The summed E-state index contributed by atoms with van der Waals surface area (Å²) in [6.45, 7) is 6.26. The lowest BCUT2D eigenvalue weighted by atomic mass is 9.95. The van der Waals surface area contributed by atoms with E-state index in [1.807, 2.05) is 11.8 Å². The predicted molar refractivity (Wildman–Crippen MR) is 92.0 cm³/mol. The Morgan fingerprint density at radius 3 is 2.36 bits per heavy atom. The summed E-state index contributed by atoms with van der Waals surface area (Å²) in [7, 11) is 0. The molecule has 1 aliphatic heterocycles. The number of rotatable bonds is 8. The van der Waals surface area contributed by atoms with Gasteiger partial charge in [0.15, 0.2) is 0 Å². The fraction of sp³-hybridized carbons (Fsp3) is 0.875. The summed E-state index contributed by atoms with van der Waals surface area (Å²) in [6.07, 6.45) is 6.52. The first-order valence-corrected chi connectivity index (χ1v) is 8.42. The molecule has 0 bridgehead atoms. The minimum atomic E-state index is -0.380. The normalized spacial score (nSPS) is 16.8. The standard InChI is InChI=1S/C16H31N3O2.ClH/c1-3-5-6-10-18-15(20)13-8-11-19(12-9-13)16(21)14(17)7-4-2;/h13-14H,3-12,17H2,1-2H3,(H,18,20);1H. The summed E-state index contributed by atoms with van der Waals surface area (Å²) in [5, 5.41) is 3.01. The van der Waals surface area contributed by atoms with Crippen molar-refractivity contribution in [3.05, 3.63) is 0 Å². The first kappa shape index (κ1) is 21.2. The Labute approximate surface area is 140 Å². The third kappa shape index (κ3) is 6.97. The molecule has 3 N–H and O–H groups in total. The number of piperidine rings is 1. The van der Waals surface area contributed by atoms with Crippen LogP contribution in [0.1, 0.15) is 58.8 Å². The van der Waals surface area contributed by atoms with E-state index in [9.17, 15) is 9.59 Å². The second-order valence-electron chi connectivity index (χ2n) is 5.99. The second-order valence-corrected chi connectivity index (χ2v) is 5.99. The van der Waals surface area contributed by atoms with E-state index < -0.39 is 0 Å². The number of nitrogens with one attached hydrogen (secondary N) is 1. The predicted octanol–water partition coefficient (Wildman–Crippen LogP) is 2.08. The van der Waals surface area contributed by atoms with E-state index in [0.717, 1.165) is 51.5 Å². The van der Waals surface area contributed by atoms with Crippen molar-refractivity contribution in [1.29, 1.82) is 0 Å². The van der Waals surface area contributed by atoms with E-state index in [0.29, 0.717) is 13.1 Å². The van der Waals surface area contributed by atoms with Crippen LogP contribution in [0.25, 0.3) is 0 Å². The molecule has 0 spiro atoms. The molecular formula is C16H32ClN3O2. The smallest absolute Gasteiger partial charge is 0.239 e. The highest BCUT2D eigenvalue weighted by Gasteiger charge is 2.28. The van der Waals surface area contributed by atoms with E-state index in [1.165, 1.54) is 0 Å². The maximum atomic E-state index is 12.1. The molecule has 22 heavy (non-hydrogen) atoms. The lowest BCUT2D eigenvalue weighted by Crippen LogP contribution is -2.48. The lowest BCUT2D eigenvalue weighted by molar-refractivity contribution is -0.136. The van der Waals surface area contributed by atoms with Gasteiger partial charge in [-0.15, -0.1) is 12.4 Å². The highest BCUT2D eigenvalue weighted by molar-refractivity contribution is 5.85. The highest BCUT2D eigenvalue weighted by Crippen LogP contribution is 2.18. The minimum Gasteiger partial charge on any atom is -0.356 e. The number of unbranched alkanes of at least 4 members (excludes halogenated alkanes) is 2. The fourth-order valence-corrected chi connectivity index (χ4v) is 2.76. The molecule has 1 rings (SSSR count). The summed E-state index contributed by atoms with van der Waals surface area (Å²) in [4.78, 5) is 26.0. The van der Waals surface area contributed by atoms with Crippen molar-refractivity contribution >= 4 is 24.2 Å². The van der Waals surface area contributed by atoms with E-state index in [4.69, 9.17) is 5.73 Å². The van der Waals surface area contributed by atoms with E-state index in [2.05, 4.69) is 12.2 Å². The van der Waals surface area contributed by atoms with Crippen LogP contribution in [0.15, 0.2) is 0 Å². The Hall–Kier alpha value is -0.810. The number of carbonyl (C=O) groups is 2. The zero-order valence-electron chi connectivity index (χ0n) is 14.0. The quantitative estimate of drug-likeness (QED) is 0.668. The molecular weight excluding hydrogens is 302 g/mol. The van der Waals surface area contributed by atoms with Gasteiger partial charge in [0.2, 0.25) is 11.8 Å². The minimum absolute atomic E-state index is 0. The second kappa shape index (κ2) is 11.7. The topological polar surface area (TPSA) is 75.4 Å². The van der Waals surface area contributed by atoms with Crippen molar-refractivity contribution < 1.29 is 9.59 Å². The van der Waals surface area contributed by atoms with Gasteiger partial charge < -0.3 is 16.0 Å². The van der Waals surface area contributed by atoms with E-state index in [1.54, 1.807) is 0 Å². The molecule has 1 heterocycles. The van der Waals surface area contributed by atoms with Crippen LogP contribution in [0.2, 0.25) is 0 Å². The van der Waals surface area contributed by atoms with Crippen LogP contribution in [0.4, 0.5) is 0 Å². The third-order valence-corrected chi connectivity index (χ3v) is 4.17. The van der Waals surface area contributed by atoms with Crippen LogP contribution in [0.5, 0.6) is 0 Å². The molecule has 1 atom stereocenters. The molecule has 1 fully saturated rings. The summed E-state index contributed by atoms with van der Waals surface area (Å²) in [5.41, 5.74) is 5.88. The van der Waals surface area contributed by atoms with Crippen LogP contribution in [0, 0.1) is 5.92 Å². The average Bonchev–Trinajstić information content (AvgIpc) is 2.51. The van der Waals surface area contributed by atoms with E-state index in [-0.39, 0.29) is 36.2 Å². The van der Waals surface area contributed by atoms with Gasteiger partial charge in [-0.25, -0.2) is 0 Å². The van der Waals surface area contributed by atoms with Crippen LogP contribution >= 0.6 is 12.4 Å². The van der Waals surface area contributed by atoms with Gasteiger partial charge in [0.1, 0.15) is 0 Å². The molecule has 0 aromatic rings. The zero-order chi connectivity index (χ0) is 15.7. The lowest BCUT2D eigenvalue weighted by Gasteiger charge is -2.33. The monoisotopic (exact) mass is 333 g/mol. The van der Waals surface area contributed by atoms with Gasteiger partial charge >= 0.3 is 0 Å². The van der Waals surface area contributed by atoms with Crippen molar-refractivity contribution in [2.45, 2.75) is 64.8 Å². The van der Waals surface area contributed by atoms with Crippen molar-refractivity contribution in [2.75, 3.05) is 19.6 Å². The first-order valence-electron chi connectivity index (χ1n) is 8.42. The van der Waals surface area contributed by atoms with Gasteiger partial charge in [-0.2, -0.15) is 0 Å². The van der Waals surface area contributed by atoms with E-state index >= 15 is 0 Å². The van der Waals surface area contributed by atoms with Gasteiger partial charge in [0, 0.05) is 25.6 Å². The highest BCUT2D eigenvalue weighted by atomic mass is 35.5. The molecule has 1 aliphatic rings. The molecule has 6 heteroatoms. The molecule has 130 valence electrons. The molecule has 0 saturated carbocycles. The van der Waals surface area contributed by atoms with Crippen LogP contribution in [-0.4, -0.2) is 42.4 Å². The molecule has 1 unspecified atom stereocenters. The molecule has 1 saturated heterocycles. The number of nitrogens with two attached hydrogens (primary N) is 1. The Morgan fingerprint density at radius 1 is 1.18 bits per heavy atom. The SMILES string of the molecule is CCCCCNC(=O)C1CCN(C(=O)C(N)CCC)CC1.Cl. The summed E-state index contributed by atoms with van der Waals surface area (Å²) >= 11 is 0. The number of amides is 2. The zero-order valence-corrected chi connectivity index (χ0v) is 14.8. The first-order chi connectivity index (χ1) is 10.1. The fourth-order valence-electron chi connectivity index (χ4n) is 2.76. The van der Waals surface area contributed by atoms with Gasteiger partial charge in [-0.3, -0.25) is 9.59 Å². The number of carbonyl (C=O) groups excluding carboxylic acids is 2. The number of halogens is 1. The molecule has 0 aromatic carbocycles.